The molecule has 7 heteroatoms. The maximum atomic E-state index is 14.6. The summed E-state index contributed by atoms with van der Waals surface area (Å²) in [5, 5.41) is -0.0657. The second-order valence-electron chi connectivity index (χ2n) is 9.95. The number of hydrogen-bond donors (Lipinski definition) is 1. The second-order valence-corrected chi connectivity index (χ2v) is 11.3. The van der Waals surface area contributed by atoms with E-state index in [-0.39, 0.29) is 38.0 Å². The van der Waals surface area contributed by atoms with Gasteiger partial charge in [-0.1, -0.05) is 60.7 Å². The van der Waals surface area contributed by atoms with Crippen LogP contribution in [0.2, 0.25) is 5.02 Å². The molecule has 0 radical (unpaired) electrons. The Morgan fingerprint density at radius 2 is 1.71 bits per heavy atom. The summed E-state index contributed by atoms with van der Waals surface area (Å²) in [5.41, 5.74) is 11.4. The van der Waals surface area contributed by atoms with Crippen molar-refractivity contribution in [1.29, 1.82) is 0 Å². The predicted molar refractivity (Wildman–Crippen MR) is 154 cm³/mol. The third-order valence-electron chi connectivity index (χ3n) is 7.49. The van der Waals surface area contributed by atoms with E-state index < -0.39 is 11.6 Å². The zero-order valence-corrected chi connectivity index (χ0v) is 22.7. The van der Waals surface area contributed by atoms with Crippen molar-refractivity contribution in [3.8, 4) is 11.1 Å². The molecule has 1 fully saturated rings. The zero-order valence-electron chi connectivity index (χ0n) is 21.1. The van der Waals surface area contributed by atoms with Crippen molar-refractivity contribution < 1.29 is 13.6 Å². The number of fused-ring (bicyclic) bond motifs is 1. The minimum atomic E-state index is -0.636. The Morgan fingerprint density at radius 3 is 2.37 bits per heavy atom. The first-order chi connectivity index (χ1) is 18.3. The summed E-state index contributed by atoms with van der Waals surface area (Å²) in [6.07, 6.45) is 4.96. The van der Waals surface area contributed by atoms with Gasteiger partial charge in [-0.15, -0.1) is 11.3 Å². The van der Waals surface area contributed by atoms with E-state index in [2.05, 4.69) is 36.9 Å². The average molecular weight is 551 g/mol. The molecule has 1 amide bonds. The zero-order chi connectivity index (χ0) is 27.0. The number of amides is 1. The molecule has 4 aromatic rings. The van der Waals surface area contributed by atoms with Crippen molar-refractivity contribution in [3.63, 3.8) is 0 Å². The van der Waals surface area contributed by atoms with Gasteiger partial charge in [0.1, 0.15) is 16.5 Å². The molecule has 1 aromatic heterocycles. The first-order valence-corrected chi connectivity index (χ1v) is 13.9. The van der Waals surface area contributed by atoms with E-state index in [0.717, 1.165) is 77.0 Å². The number of nitrogens with two attached hydrogens (primary N) is 1. The van der Waals surface area contributed by atoms with Crippen LogP contribution in [0, 0.1) is 18.6 Å². The molecule has 3 aromatic carbocycles. The van der Waals surface area contributed by atoms with Crippen LogP contribution < -0.4 is 5.73 Å². The summed E-state index contributed by atoms with van der Waals surface area (Å²) < 4.78 is 29.1. The number of carbonyl (C=O) groups excluding carboxylic acids is 1. The Hall–Kier alpha value is -3.06. The minimum absolute atomic E-state index is 0.0303. The van der Waals surface area contributed by atoms with Crippen molar-refractivity contribution in [1.82, 2.24) is 4.90 Å². The molecule has 0 atom stereocenters. The molecular weight excluding hydrogens is 522 g/mol. The summed E-state index contributed by atoms with van der Waals surface area (Å²) >= 11 is 7.44. The highest BCUT2D eigenvalue weighted by atomic mass is 35.5. The van der Waals surface area contributed by atoms with Gasteiger partial charge in [0.05, 0.1) is 15.1 Å². The highest BCUT2D eigenvalue weighted by Gasteiger charge is 2.32. The molecule has 38 heavy (non-hydrogen) atoms. The summed E-state index contributed by atoms with van der Waals surface area (Å²) in [4.78, 5) is 16.0. The van der Waals surface area contributed by atoms with Gasteiger partial charge in [0.15, 0.2) is 0 Å². The van der Waals surface area contributed by atoms with Crippen LogP contribution in [0.25, 0.3) is 27.3 Å². The number of nitrogens with zero attached hydrogens (tertiary/aromatic N) is 1. The summed E-state index contributed by atoms with van der Waals surface area (Å²) in [6, 6.07) is 16.6. The topological polar surface area (TPSA) is 46.3 Å². The van der Waals surface area contributed by atoms with Gasteiger partial charge in [-0.2, -0.15) is 0 Å². The Kier molecular flexibility index (Phi) is 7.66. The van der Waals surface area contributed by atoms with E-state index in [9.17, 15) is 13.6 Å². The van der Waals surface area contributed by atoms with E-state index in [1.165, 1.54) is 0 Å². The van der Waals surface area contributed by atoms with E-state index >= 15 is 0 Å². The van der Waals surface area contributed by atoms with Crippen LogP contribution in [0.15, 0.2) is 61.2 Å². The number of aryl methyl sites for hydroxylation is 1. The molecule has 0 spiro atoms. The van der Waals surface area contributed by atoms with Crippen molar-refractivity contribution >= 4 is 45.0 Å². The molecule has 5 rings (SSSR count). The number of hydrogen-bond acceptors (Lipinski definition) is 3. The van der Waals surface area contributed by atoms with Crippen LogP contribution >= 0.6 is 22.9 Å². The molecule has 196 valence electrons. The number of carbonyl (C=O) groups is 1. The van der Waals surface area contributed by atoms with Gasteiger partial charge in [-0.05, 0) is 78.6 Å². The van der Waals surface area contributed by atoms with Gasteiger partial charge >= 0.3 is 0 Å². The SMILES string of the molecule is C=Cc1ccc(-c2ccc(C)c(CN(C(=O)c3sc4c(F)ccc(F)c4c3Cl)C3CCC(N)CC3)c2)cc1. The van der Waals surface area contributed by atoms with Crippen molar-refractivity contribution in [2.75, 3.05) is 0 Å². The molecular formula is C31H29ClF2N2OS. The van der Waals surface area contributed by atoms with Crippen molar-refractivity contribution in [2.24, 2.45) is 5.73 Å². The first-order valence-electron chi connectivity index (χ1n) is 12.7. The second kappa shape index (κ2) is 11.0. The van der Waals surface area contributed by atoms with Gasteiger partial charge in [0, 0.05) is 18.6 Å². The Labute approximate surface area is 230 Å². The number of rotatable bonds is 6. The highest BCUT2D eigenvalue weighted by Crippen LogP contribution is 2.40. The van der Waals surface area contributed by atoms with E-state index in [0.29, 0.717) is 6.54 Å². The quantitative estimate of drug-likeness (QED) is 0.262. The van der Waals surface area contributed by atoms with Gasteiger partial charge in [0.2, 0.25) is 0 Å². The fourth-order valence-corrected chi connectivity index (χ4v) is 6.67. The number of halogens is 3. The summed E-state index contributed by atoms with van der Waals surface area (Å²) in [5.74, 6) is -1.54. The maximum Gasteiger partial charge on any atom is 0.266 e. The predicted octanol–water partition coefficient (Wildman–Crippen LogP) is 8.36. The smallest absolute Gasteiger partial charge is 0.266 e. The molecule has 1 heterocycles. The third-order valence-corrected chi connectivity index (χ3v) is 9.16. The first kappa shape index (κ1) is 26.5. The Bertz CT molecular complexity index is 1510. The van der Waals surface area contributed by atoms with E-state index in [1.54, 1.807) is 6.08 Å². The van der Waals surface area contributed by atoms with Crippen LogP contribution in [0.1, 0.15) is 52.0 Å². The van der Waals surface area contributed by atoms with Crippen LogP contribution in [0.4, 0.5) is 8.78 Å². The molecule has 0 aliphatic heterocycles. The minimum Gasteiger partial charge on any atom is -0.331 e. The van der Waals surface area contributed by atoms with Gasteiger partial charge in [-0.25, -0.2) is 8.78 Å². The normalized spacial score (nSPS) is 17.5. The molecule has 1 aliphatic rings. The summed E-state index contributed by atoms with van der Waals surface area (Å²) in [6.45, 7) is 6.20. The third kappa shape index (κ3) is 5.13. The van der Waals surface area contributed by atoms with E-state index in [4.69, 9.17) is 17.3 Å². The summed E-state index contributed by atoms with van der Waals surface area (Å²) in [7, 11) is 0. The fourth-order valence-electron chi connectivity index (χ4n) is 5.16. The number of thiophene rings is 1. The van der Waals surface area contributed by atoms with Crippen LogP contribution in [-0.4, -0.2) is 22.9 Å². The Morgan fingerprint density at radius 1 is 1.05 bits per heavy atom. The van der Waals surface area contributed by atoms with Gasteiger partial charge in [0.25, 0.3) is 5.91 Å². The molecule has 3 nitrogen and oxygen atoms in total. The van der Waals surface area contributed by atoms with Gasteiger partial charge in [-0.3, -0.25) is 4.79 Å². The largest absolute Gasteiger partial charge is 0.331 e. The lowest BCUT2D eigenvalue weighted by molar-refractivity contribution is 0.0611. The molecule has 0 saturated heterocycles. The van der Waals surface area contributed by atoms with E-state index in [1.807, 2.05) is 24.0 Å². The lowest BCUT2D eigenvalue weighted by Crippen LogP contribution is -2.43. The average Bonchev–Trinajstić information content (AvgIpc) is 3.29. The Balaban J connectivity index is 1.54. The monoisotopic (exact) mass is 550 g/mol. The standard InChI is InChI=1S/C31H29ClF2N2OS/c1-3-19-5-8-20(9-6-19)21-7-4-18(2)22(16-21)17-36(24-12-10-23(35)11-13-24)31(37)30-28(32)27-25(33)14-15-26(34)29(27)38-30/h3-9,14-16,23-24H,1,10-13,17,35H2,2H3. The molecule has 1 aliphatic carbocycles. The van der Waals surface area contributed by atoms with Crippen molar-refractivity contribution in [3.05, 3.63) is 99.4 Å². The lowest BCUT2D eigenvalue weighted by Gasteiger charge is -2.36. The molecule has 2 N–H and O–H groups in total. The van der Waals surface area contributed by atoms with Crippen molar-refractivity contribution in [2.45, 2.75) is 51.2 Å². The molecule has 1 saturated carbocycles. The van der Waals surface area contributed by atoms with Crippen LogP contribution in [0.5, 0.6) is 0 Å². The highest BCUT2D eigenvalue weighted by molar-refractivity contribution is 7.21. The number of benzene rings is 3. The van der Waals surface area contributed by atoms with Crippen LogP contribution in [0.3, 0.4) is 0 Å². The fraction of sp³-hybridized carbons (Fsp3) is 0.258. The molecule has 0 bridgehead atoms. The maximum absolute atomic E-state index is 14.6. The van der Waals surface area contributed by atoms with Gasteiger partial charge < -0.3 is 10.6 Å². The van der Waals surface area contributed by atoms with Crippen LogP contribution in [-0.2, 0) is 6.54 Å². The lowest BCUT2D eigenvalue weighted by atomic mass is 9.90. The molecule has 0 unspecified atom stereocenters.